The number of aromatic nitrogens is 1. The van der Waals surface area contributed by atoms with E-state index in [4.69, 9.17) is 4.42 Å². The van der Waals surface area contributed by atoms with Gasteiger partial charge in [0.1, 0.15) is 15.8 Å². The lowest BCUT2D eigenvalue weighted by Crippen LogP contribution is -2.42. The van der Waals surface area contributed by atoms with Crippen LogP contribution in [0.15, 0.2) is 74.7 Å². The van der Waals surface area contributed by atoms with Gasteiger partial charge < -0.3 is 9.73 Å². The van der Waals surface area contributed by atoms with E-state index in [2.05, 4.69) is 10.3 Å². The number of nitrogens with one attached hydrogen (secondary N) is 1. The third-order valence-corrected chi connectivity index (χ3v) is 8.52. The normalized spacial score (nSPS) is 17.2. The Morgan fingerprint density at radius 2 is 2.00 bits per heavy atom. The fourth-order valence-electron chi connectivity index (χ4n) is 3.77. The molecule has 2 aromatic carbocycles. The Morgan fingerprint density at radius 3 is 2.81 bits per heavy atom. The maximum Gasteiger partial charge on any atom is 0.253 e. The second kappa shape index (κ2) is 7.92. The zero-order valence-corrected chi connectivity index (χ0v) is 18.0. The topological polar surface area (TPSA) is 92.5 Å². The lowest BCUT2D eigenvalue weighted by molar-refractivity contribution is -0.119. The number of thiophene rings is 1. The zero-order chi connectivity index (χ0) is 21.4. The number of amides is 1. The summed E-state index contributed by atoms with van der Waals surface area (Å²) in [5.74, 6) is 0.118. The summed E-state index contributed by atoms with van der Waals surface area (Å²) in [6.07, 6.45) is 1.13. The van der Waals surface area contributed by atoms with E-state index >= 15 is 0 Å². The Kier molecular flexibility index (Phi) is 5.09. The summed E-state index contributed by atoms with van der Waals surface area (Å²) in [5, 5.41) is 4.58. The summed E-state index contributed by atoms with van der Waals surface area (Å²) in [5.41, 5.74) is 2.73. The van der Waals surface area contributed by atoms with Gasteiger partial charge in [-0.2, -0.15) is 4.31 Å². The van der Waals surface area contributed by atoms with Crippen LogP contribution in [0.4, 0.5) is 5.69 Å². The number of anilines is 1. The number of carbonyl (C=O) groups excluding carboxylic acids is 1. The van der Waals surface area contributed by atoms with Gasteiger partial charge in [0.05, 0.1) is 0 Å². The molecular formula is C22H19N3O4S2. The van der Waals surface area contributed by atoms with E-state index < -0.39 is 16.1 Å². The number of benzene rings is 2. The van der Waals surface area contributed by atoms with Gasteiger partial charge in [-0.1, -0.05) is 24.3 Å². The Bertz CT molecular complexity index is 1310. The Hall–Kier alpha value is -3.01. The molecule has 3 heterocycles. The first-order valence-corrected chi connectivity index (χ1v) is 12.2. The molecule has 1 aliphatic rings. The van der Waals surface area contributed by atoms with Crippen LogP contribution in [0.25, 0.3) is 22.6 Å². The number of fused-ring (bicyclic) bond motifs is 1. The highest BCUT2D eigenvalue weighted by atomic mass is 32.2. The molecule has 4 aromatic rings. The maximum absolute atomic E-state index is 13.0. The molecular weight excluding hydrogens is 434 g/mol. The van der Waals surface area contributed by atoms with Gasteiger partial charge in [-0.3, -0.25) is 4.79 Å². The van der Waals surface area contributed by atoms with E-state index in [1.807, 2.05) is 30.3 Å². The second-order valence-electron chi connectivity index (χ2n) is 7.26. The van der Waals surface area contributed by atoms with Crippen LogP contribution in [0.1, 0.15) is 12.8 Å². The van der Waals surface area contributed by atoms with Crippen molar-refractivity contribution in [2.45, 2.75) is 23.1 Å². The first kappa shape index (κ1) is 19.9. The van der Waals surface area contributed by atoms with Crippen LogP contribution in [0, 0.1) is 0 Å². The van der Waals surface area contributed by atoms with Crippen LogP contribution in [0.3, 0.4) is 0 Å². The van der Waals surface area contributed by atoms with Gasteiger partial charge in [0, 0.05) is 17.8 Å². The Balaban J connectivity index is 1.37. The fourth-order valence-corrected chi connectivity index (χ4v) is 6.54. The molecule has 0 radical (unpaired) electrons. The van der Waals surface area contributed by atoms with Crippen molar-refractivity contribution in [1.29, 1.82) is 0 Å². The minimum atomic E-state index is -3.68. The largest absolute Gasteiger partial charge is 0.436 e. The molecule has 9 heteroatoms. The number of hydrogen-bond donors (Lipinski definition) is 1. The molecule has 1 N–H and O–H groups in total. The number of carbonyl (C=O) groups is 1. The van der Waals surface area contributed by atoms with E-state index in [1.165, 1.54) is 4.31 Å². The van der Waals surface area contributed by atoms with E-state index in [1.54, 1.807) is 35.7 Å². The molecule has 1 saturated heterocycles. The summed E-state index contributed by atoms with van der Waals surface area (Å²) in [6.45, 7) is 0.335. The third-order valence-electron chi connectivity index (χ3n) is 5.24. The predicted molar refractivity (Wildman–Crippen MR) is 119 cm³/mol. The van der Waals surface area contributed by atoms with Crippen molar-refractivity contribution in [3.63, 3.8) is 0 Å². The average molecular weight is 454 g/mol. The number of hydrogen-bond acceptors (Lipinski definition) is 6. The minimum absolute atomic E-state index is 0.255. The quantitative estimate of drug-likeness (QED) is 0.485. The highest BCUT2D eigenvalue weighted by molar-refractivity contribution is 7.91. The third kappa shape index (κ3) is 3.76. The fraction of sp³-hybridized carbons (Fsp3) is 0.182. The van der Waals surface area contributed by atoms with Crippen molar-refractivity contribution in [1.82, 2.24) is 9.29 Å². The summed E-state index contributed by atoms with van der Waals surface area (Å²) in [7, 11) is -3.68. The lowest BCUT2D eigenvalue weighted by atomic mass is 10.1. The van der Waals surface area contributed by atoms with Crippen LogP contribution < -0.4 is 5.32 Å². The molecule has 1 atom stereocenters. The summed E-state index contributed by atoms with van der Waals surface area (Å²) >= 11 is 1.16. The minimum Gasteiger partial charge on any atom is -0.436 e. The number of para-hydroxylation sites is 2. The molecule has 0 unspecified atom stereocenters. The average Bonchev–Trinajstić information content (AvgIpc) is 3.54. The first-order valence-electron chi connectivity index (χ1n) is 9.84. The number of nitrogens with zero attached hydrogens (tertiary/aromatic N) is 2. The monoisotopic (exact) mass is 453 g/mol. The molecule has 2 aromatic heterocycles. The van der Waals surface area contributed by atoms with Gasteiger partial charge in [0.2, 0.25) is 11.8 Å². The van der Waals surface area contributed by atoms with Gasteiger partial charge in [-0.25, -0.2) is 13.4 Å². The molecule has 1 amide bonds. The highest BCUT2D eigenvalue weighted by Crippen LogP contribution is 2.30. The van der Waals surface area contributed by atoms with E-state index in [0.29, 0.717) is 36.5 Å². The van der Waals surface area contributed by atoms with Crippen LogP contribution in [0.5, 0.6) is 0 Å². The molecule has 0 aliphatic carbocycles. The highest BCUT2D eigenvalue weighted by Gasteiger charge is 2.39. The van der Waals surface area contributed by atoms with Gasteiger partial charge >= 0.3 is 0 Å². The molecule has 31 heavy (non-hydrogen) atoms. The van der Waals surface area contributed by atoms with Crippen molar-refractivity contribution in [2.24, 2.45) is 0 Å². The van der Waals surface area contributed by atoms with Crippen LogP contribution in [-0.4, -0.2) is 36.2 Å². The van der Waals surface area contributed by atoms with Gasteiger partial charge in [0.15, 0.2) is 5.58 Å². The van der Waals surface area contributed by atoms with Crippen molar-refractivity contribution < 1.29 is 17.6 Å². The van der Waals surface area contributed by atoms with Crippen molar-refractivity contribution in [3.05, 3.63) is 66.0 Å². The molecule has 7 nitrogen and oxygen atoms in total. The van der Waals surface area contributed by atoms with Gasteiger partial charge in [-0.15, -0.1) is 11.3 Å². The lowest BCUT2D eigenvalue weighted by Gasteiger charge is -2.22. The smallest absolute Gasteiger partial charge is 0.253 e. The molecule has 0 bridgehead atoms. The SMILES string of the molecule is O=C(Nc1cccc(-c2nc3ccccc3o2)c1)[C@@H]1CCCN1S(=O)(=O)c1cccs1. The van der Waals surface area contributed by atoms with E-state index in [0.717, 1.165) is 22.4 Å². The summed E-state index contributed by atoms with van der Waals surface area (Å²) in [4.78, 5) is 17.5. The van der Waals surface area contributed by atoms with Gasteiger partial charge in [0.25, 0.3) is 10.0 Å². The zero-order valence-electron chi connectivity index (χ0n) is 16.4. The summed E-state index contributed by atoms with van der Waals surface area (Å²) < 4.78 is 33.2. The van der Waals surface area contributed by atoms with E-state index in [-0.39, 0.29) is 10.1 Å². The second-order valence-corrected chi connectivity index (χ2v) is 10.3. The van der Waals surface area contributed by atoms with Crippen molar-refractivity contribution >= 4 is 44.1 Å². The molecule has 0 spiro atoms. The summed E-state index contributed by atoms with van der Waals surface area (Å²) in [6, 6.07) is 17.2. The molecule has 0 saturated carbocycles. The van der Waals surface area contributed by atoms with Crippen LogP contribution in [0.2, 0.25) is 0 Å². The molecule has 5 rings (SSSR count). The van der Waals surface area contributed by atoms with Gasteiger partial charge in [-0.05, 0) is 54.6 Å². The number of sulfonamides is 1. The van der Waals surface area contributed by atoms with E-state index in [9.17, 15) is 13.2 Å². The van der Waals surface area contributed by atoms with Crippen LogP contribution in [-0.2, 0) is 14.8 Å². The first-order chi connectivity index (χ1) is 15.0. The number of oxazole rings is 1. The molecule has 158 valence electrons. The Morgan fingerprint density at radius 1 is 1.13 bits per heavy atom. The standard InChI is InChI=1S/C22H19N3O4S2/c26-21(18-9-4-12-25(18)31(27,28)20-11-5-13-30-20)23-16-7-3-6-15(14-16)22-24-17-8-1-2-10-19(17)29-22/h1-3,5-8,10-11,13-14,18H,4,9,12H2,(H,23,26)/t18-/m0/s1. The van der Waals surface area contributed by atoms with Crippen molar-refractivity contribution in [3.8, 4) is 11.5 Å². The van der Waals surface area contributed by atoms with Crippen LogP contribution >= 0.6 is 11.3 Å². The predicted octanol–water partition coefficient (Wildman–Crippen LogP) is 4.35. The molecule has 1 aliphatic heterocycles. The van der Waals surface area contributed by atoms with Crippen molar-refractivity contribution in [2.75, 3.05) is 11.9 Å². The number of rotatable bonds is 5. The maximum atomic E-state index is 13.0. The Labute approximate surface area is 183 Å². The molecule has 1 fully saturated rings.